The van der Waals surface area contributed by atoms with Gasteiger partial charge < -0.3 is 29.2 Å². The number of methoxy groups -OCH3 is 2. The van der Waals surface area contributed by atoms with E-state index in [1.54, 1.807) is 36.4 Å². The molecule has 2 amide bonds. The van der Waals surface area contributed by atoms with E-state index in [4.69, 9.17) is 18.9 Å². The first-order valence-corrected chi connectivity index (χ1v) is 11.8. The minimum Gasteiger partial charge on any atom is -0.493 e. The molecule has 0 saturated carbocycles. The zero-order valence-corrected chi connectivity index (χ0v) is 21.3. The number of alkyl halides is 6. The molecule has 0 atom stereocenters. The summed E-state index contributed by atoms with van der Waals surface area (Å²) in [5, 5.41) is 2.20. The van der Waals surface area contributed by atoms with Crippen LogP contribution >= 0.6 is 0 Å². The monoisotopic (exact) mass is 570 g/mol. The Balaban J connectivity index is 1.61. The van der Waals surface area contributed by atoms with Crippen LogP contribution in [0.15, 0.2) is 54.6 Å². The predicted molar refractivity (Wildman–Crippen MR) is 132 cm³/mol. The van der Waals surface area contributed by atoms with Gasteiger partial charge in [0.1, 0.15) is 0 Å². The second kappa shape index (κ2) is 11.4. The minimum absolute atomic E-state index is 0.00287. The van der Waals surface area contributed by atoms with Crippen molar-refractivity contribution >= 4 is 11.7 Å². The van der Waals surface area contributed by atoms with Crippen LogP contribution in [0.25, 0.3) is 0 Å². The Bertz CT molecular complexity index is 1340. The second-order valence-electron chi connectivity index (χ2n) is 8.77. The first kappa shape index (κ1) is 28.7. The van der Waals surface area contributed by atoms with Crippen molar-refractivity contribution in [2.24, 2.45) is 0 Å². The molecule has 1 heterocycles. The molecule has 1 N–H and O–H groups in total. The van der Waals surface area contributed by atoms with E-state index in [1.165, 1.54) is 19.1 Å². The summed E-state index contributed by atoms with van der Waals surface area (Å²) in [4.78, 5) is 14.5. The van der Waals surface area contributed by atoms with Gasteiger partial charge in [-0.25, -0.2) is 4.79 Å². The maximum absolute atomic E-state index is 13.3. The van der Waals surface area contributed by atoms with Gasteiger partial charge in [0.05, 0.1) is 25.3 Å². The van der Waals surface area contributed by atoms with Crippen LogP contribution in [-0.2, 0) is 25.3 Å². The van der Waals surface area contributed by atoms with E-state index >= 15 is 0 Å². The molecule has 0 aromatic heterocycles. The van der Waals surface area contributed by atoms with Crippen molar-refractivity contribution in [3.63, 3.8) is 0 Å². The van der Waals surface area contributed by atoms with E-state index < -0.39 is 35.2 Å². The van der Waals surface area contributed by atoms with Gasteiger partial charge in [-0.15, -0.1) is 0 Å². The Kier molecular flexibility index (Phi) is 8.21. The van der Waals surface area contributed by atoms with Crippen LogP contribution in [0.4, 0.5) is 36.8 Å². The molecule has 13 heteroatoms. The third-order valence-electron chi connectivity index (χ3n) is 6.05. The van der Waals surface area contributed by atoms with Crippen molar-refractivity contribution in [1.82, 2.24) is 4.90 Å². The summed E-state index contributed by atoms with van der Waals surface area (Å²) in [6.07, 6.45) is -9.82. The maximum atomic E-state index is 13.3. The number of ether oxygens (including phenoxy) is 4. The average molecular weight is 570 g/mol. The number of carbonyl (C=O) groups excluding carboxylic acids is 1. The predicted octanol–water partition coefficient (Wildman–Crippen LogP) is 6.75. The Morgan fingerprint density at radius 2 is 1.45 bits per heavy atom. The van der Waals surface area contributed by atoms with Crippen molar-refractivity contribution in [3.05, 3.63) is 76.9 Å². The SMILES string of the molecule is COc1ccc(CCN(Cc2ccc3c(c2)OCO3)C(=O)Nc2cc(C(F)(F)F)cc(C(F)(F)F)c2)cc1OC. The molecule has 0 spiro atoms. The summed E-state index contributed by atoms with van der Waals surface area (Å²) in [6.45, 7) is 0.0566. The summed E-state index contributed by atoms with van der Waals surface area (Å²) in [6, 6.07) is 10.1. The number of halogens is 6. The fourth-order valence-corrected chi connectivity index (χ4v) is 4.04. The number of hydrogen-bond acceptors (Lipinski definition) is 5. The number of benzene rings is 3. The zero-order valence-electron chi connectivity index (χ0n) is 21.3. The number of rotatable bonds is 8. The van der Waals surface area contributed by atoms with Crippen LogP contribution < -0.4 is 24.3 Å². The number of nitrogens with zero attached hydrogens (tertiary/aromatic N) is 1. The zero-order chi connectivity index (χ0) is 29.1. The molecule has 0 unspecified atom stereocenters. The van der Waals surface area contributed by atoms with Crippen LogP contribution in [0.2, 0.25) is 0 Å². The number of amides is 2. The van der Waals surface area contributed by atoms with Gasteiger partial charge in [-0.1, -0.05) is 12.1 Å². The van der Waals surface area contributed by atoms with Gasteiger partial charge in [-0.2, -0.15) is 26.3 Å². The molecule has 3 aromatic rings. The van der Waals surface area contributed by atoms with Crippen molar-refractivity contribution in [1.29, 1.82) is 0 Å². The Labute approximate surface area is 225 Å². The molecule has 0 aliphatic carbocycles. The molecule has 7 nitrogen and oxygen atoms in total. The molecule has 0 radical (unpaired) electrons. The first-order valence-electron chi connectivity index (χ1n) is 11.8. The van der Waals surface area contributed by atoms with E-state index in [0.29, 0.717) is 40.7 Å². The number of anilines is 1. The molecule has 4 rings (SSSR count). The molecule has 1 aliphatic heterocycles. The van der Waals surface area contributed by atoms with Gasteiger partial charge in [-0.3, -0.25) is 0 Å². The van der Waals surface area contributed by atoms with Crippen LogP contribution in [0, 0.1) is 0 Å². The fourth-order valence-electron chi connectivity index (χ4n) is 4.04. The molecular weight excluding hydrogens is 546 g/mol. The molecule has 40 heavy (non-hydrogen) atoms. The molecule has 1 aliphatic rings. The van der Waals surface area contributed by atoms with Gasteiger partial charge in [0.2, 0.25) is 6.79 Å². The quantitative estimate of drug-likeness (QED) is 0.304. The highest BCUT2D eigenvalue weighted by Gasteiger charge is 2.37. The number of carbonyl (C=O) groups is 1. The lowest BCUT2D eigenvalue weighted by Crippen LogP contribution is -2.36. The third kappa shape index (κ3) is 6.82. The molecule has 0 fully saturated rings. The highest BCUT2D eigenvalue weighted by molar-refractivity contribution is 5.89. The van der Waals surface area contributed by atoms with Gasteiger partial charge >= 0.3 is 18.4 Å². The summed E-state index contributed by atoms with van der Waals surface area (Å²) in [7, 11) is 2.94. The normalized spacial score (nSPS) is 12.7. The third-order valence-corrected chi connectivity index (χ3v) is 6.05. The minimum atomic E-state index is -5.06. The molecule has 214 valence electrons. The lowest BCUT2D eigenvalue weighted by atomic mass is 10.1. The largest absolute Gasteiger partial charge is 0.493 e. The van der Waals surface area contributed by atoms with E-state index in [2.05, 4.69) is 5.32 Å². The molecule has 0 bridgehead atoms. The number of urea groups is 1. The van der Waals surface area contributed by atoms with Crippen molar-refractivity contribution in [3.8, 4) is 23.0 Å². The van der Waals surface area contributed by atoms with Crippen molar-refractivity contribution in [2.45, 2.75) is 25.3 Å². The Morgan fingerprint density at radius 3 is 2.08 bits per heavy atom. The highest BCUT2D eigenvalue weighted by Crippen LogP contribution is 2.38. The second-order valence-corrected chi connectivity index (χ2v) is 8.77. The fraction of sp³-hybridized carbons (Fsp3) is 0.296. The van der Waals surface area contributed by atoms with Crippen molar-refractivity contribution in [2.75, 3.05) is 32.9 Å². The van der Waals surface area contributed by atoms with Gasteiger partial charge in [0.15, 0.2) is 23.0 Å². The highest BCUT2D eigenvalue weighted by atomic mass is 19.4. The van der Waals surface area contributed by atoms with Gasteiger partial charge in [0.25, 0.3) is 0 Å². The van der Waals surface area contributed by atoms with E-state index in [0.717, 1.165) is 5.56 Å². The van der Waals surface area contributed by atoms with Crippen LogP contribution in [-0.4, -0.2) is 38.5 Å². The maximum Gasteiger partial charge on any atom is 0.416 e. The topological polar surface area (TPSA) is 69.3 Å². The summed E-state index contributed by atoms with van der Waals surface area (Å²) in [5.41, 5.74) is -2.37. The van der Waals surface area contributed by atoms with Crippen molar-refractivity contribution < 1.29 is 50.1 Å². The number of hydrogen-bond donors (Lipinski definition) is 1. The summed E-state index contributed by atoms with van der Waals surface area (Å²) < 4.78 is 101. The number of nitrogens with one attached hydrogen (secondary N) is 1. The Morgan fingerprint density at radius 1 is 0.825 bits per heavy atom. The van der Waals surface area contributed by atoms with Gasteiger partial charge in [0, 0.05) is 18.8 Å². The van der Waals surface area contributed by atoms with Crippen LogP contribution in [0.5, 0.6) is 23.0 Å². The first-order chi connectivity index (χ1) is 18.9. The van der Waals surface area contributed by atoms with E-state index in [1.807, 2.05) is 0 Å². The standard InChI is InChI=1S/C27H24F6N2O5/c1-37-21-5-3-16(9-23(21)38-2)7-8-35(14-17-4-6-22-24(10-17)40-15-39-22)25(36)34-20-12-18(26(28,29)30)11-19(13-20)27(31,32)33/h3-6,9-13H,7-8,14-15H2,1-2H3,(H,34,36). The van der Waals surface area contributed by atoms with Gasteiger partial charge in [-0.05, 0) is 60.0 Å². The smallest absolute Gasteiger partial charge is 0.416 e. The van der Waals surface area contributed by atoms with E-state index in [9.17, 15) is 31.1 Å². The van der Waals surface area contributed by atoms with Crippen LogP contribution in [0.1, 0.15) is 22.3 Å². The van der Waals surface area contributed by atoms with E-state index in [-0.39, 0.29) is 32.4 Å². The van der Waals surface area contributed by atoms with Crippen LogP contribution in [0.3, 0.4) is 0 Å². The summed E-state index contributed by atoms with van der Waals surface area (Å²) >= 11 is 0. The lowest BCUT2D eigenvalue weighted by Gasteiger charge is -2.24. The molecule has 0 saturated heterocycles. The Hall–Kier alpha value is -4.29. The number of fused-ring (bicyclic) bond motifs is 1. The molecule has 3 aromatic carbocycles. The average Bonchev–Trinajstić information content (AvgIpc) is 3.37. The summed E-state index contributed by atoms with van der Waals surface area (Å²) in [5.74, 6) is 1.90. The molecular formula is C27H24F6N2O5. The lowest BCUT2D eigenvalue weighted by molar-refractivity contribution is -0.143.